The van der Waals surface area contributed by atoms with Gasteiger partial charge in [-0.1, -0.05) is 36.4 Å². The van der Waals surface area contributed by atoms with Gasteiger partial charge in [-0.2, -0.15) is 0 Å². The predicted octanol–water partition coefficient (Wildman–Crippen LogP) is 5.50. The molecule has 4 aromatic rings. The number of nitrogens with one attached hydrogen (secondary N) is 1. The molecule has 0 radical (unpaired) electrons. The molecule has 1 heterocycles. The van der Waals surface area contributed by atoms with E-state index in [2.05, 4.69) is 10.3 Å². The lowest BCUT2D eigenvalue weighted by atomic mass is 10.1. The van der Waals surface area contributed by atoms with Crippen LogP contribution >= 0.6 is 0 Å². The van der Waals surface area contributed by atoms with Crippen molar-refractivity contribution in [3.05, 3.63) is 76.8 Å². The van der Waals surface area contributed by atoms with Crippen molar-refractivity contribution in [2.24, 2.45) is 0 Å². The van der Waals surface area contributed by atoms with E-state index in [0.29, 0.717) is 29.1 Å². The fourth-order valence-electron chi connectivity index (χ4n) is 3.02. The number of fused-ring (bicyclic) bond motifs is 1. The molecular formula is C21H17N3O3. The first-order valence-electron chi connectivity index (χ1n) is 8.64. The van der Waals surface area contributed by atoms with Crippen LogP contribution < -0.4 is 5.32 Å². The van der Waals surface area contributed by atoms with Gasteiger partial charge >= 0.3 is 0 Å². The van der Waals surface area contributed by atoms with Crippen LogP contribution in [-0.4, -0.2) is 16.5 Å². The molecule has 0 aliphatic rings. The summed E-state index contributed by atoms with van der Waals surface area (Å²) in [5, 5.41) is 14.4. The molecule has 1 aromatic heterocycles. The third kappa shape index (κ3) is 3.25. The summed E-state index contributed by atoms with van der Waals surface area (Å²) in [5.74, 6) is 0.356. The third-order valence-corrected chi connectivity index (χ3v) is 4.31. The molecule has 1 N–H and O–H groups in total. The Kier molecular flexibility index (Phi) is 4.30. The molecular weight excluding hydrogens is 342 g/mol. The number of rotatable bonds is 5. The van der Waals surface area contributed by atoms with Crippen LogP contribution in [-0.2, 0) is 0 Å². The molecule has 0 amide bonds. The van der Waals surface area contributed by atoms with E-state index in [9.17, 15) is 10.1 Å². The number of non-ortho nitro benzene ring substituents is 1. The number of hydrogen-bond acceptors (Lipinski definition) is 5. The van der Waals surface area contributed by atoms with Gasteiger partial charge in [-0.15, -0.1) is 0 Å². The Labute approximate surface area is 155 Å². The van der Waals surface area contributed by atoms with Gasteiger partial charge in [0.2, 0.25) is 5.89 Å². The summed E-state index contributed by atoms with van der Waals surface area (Å²) in [4.78, 5) is 15.3. The Balaban J connectivity index is 1.82. The standard InChI is InChI=1S/C21H17N3O3/c1-2-22-18-10-9-16(24(25)26)13-17(18)21-23-19-12-15(8-11-20(19)27-21)14-6-4-3-5-7-14/h3-13,22H,2H2,1H3. The molecule has 0 saturated heterocycles. The summed E-state index contributed by atoms with van der Waals surface area (Å²) in [7, 11) is 0. The Morgan fingerprint density at radius 3 is 2.59 bits per heavy atom. The van der Waals surface area contributed by atoms with E-state index in [1.54, 1.807) is 6.07 Å². The molecule has 0 unspecified atom stereocenters. The highest BCUT2D eigenvalue weighted by molar-refractivity contribution is 5.84. The highest BCUT2D eigenvalue weighted by Crippen LogP contribution is 2.34. The Hall–Kier alpha value is -3.67. The third-order valence-electron chi connectivity index (χ3n) is 4.31. The summed E-state index contributed by atoms with van der Waals surface area (Å²) < 4.78 is 5.89. The molecule has 0 spiro atoms. The Morgan fingerprint density at radius 2 is 1.85 bits per heavy atom. The van der Waals surface area contributed by atoms with E-state index < -0.39 is 4.92 Å². The van der Waals surface area contributed by atoms with E-state index in [1.807, 2.05) is 55.5 Å². The van der Waals surface area contributed by atoms with Gasteiger partial charge in [0.1, 0.15) is 5.52 Å². The first-order valence-corrected chi connectivity index (χ1v) is 8.64. The maximum Gasteiger partial charge on any atom is 0.270 e. The molecule has 0 aliphatic carbocycles. The minimum absolute atomic E-state index is 0.00103. The van der Waals surface area contributed by atoms with Crippen LogP contribution in [0.25, 0.3) is 33.7 Å². The molecule has 0 atom stereocenters. The highest BCUT2D eigenvalue weighted by Gasteiger charge is 2.17. The first-order chi connectivity index (χ1) is 13.2. The lowest BCUT2D eigenvalue weighted by molar-refractivity contribution is -0.384. The average molecular weight is 359 g/mol. The van der Waals surface area contributed by atoms with Crippen LogP contribution in [0.4, 0.5) is 11.4 Å². The van der Waals surface area contributed by atoms with Gasteiger partial charge in [-0.3, -0.25) is 10.1 Å². The van der Waals surface area contributed by atoms with Crippen LogP contribution in [0.15, 0.2) is 71.1 Å². The van der Waals surface area contributed by atoms with Gasteiger partial charge in [-0.05, 0) is 36.2 Å². The van der Waals surface area contributed by atoms with E-state index in [4.69, 9.17) is 4.42 Å². The van der Waals surface area contributed by atoms with Gasteiger partial charge in [-0.25, -0.2) is 4.98 Å². The SMILES string of the molecule is CCNc1ccc([N+](=O)[O-])cc1-c1nc2cc(-c3ccccc3)ccc2o1. The van der Waals surface area contributed by atoms with Gasteiger partial charge in [0.25, 0.3) is 5.69 Å². The Bertz CT molecular complexity index is 1120. The number of hydrogen-bond donors (Lipinski definition) is 1. The topological polar surface area (TPSA) is 81.2 Å². The average Bonchev–Trinajstić information content (AvgIpc) is 3.12. The second-order valence-corrected chi connectivity index (χ2v) is 6.08. The zero-order valence-corrected chi connectivity index (χ0v) is 14.7. The fourth-order valence-corrected chi connectivity index (χ4v) is 3.02. The molecule has 4 rings (SSSR count). The van der Waals surface area contributed by atoms with Gasteiger partial charge < -0.3 is 9.73 Å². The number of oxazole rings is 1. The van der Waals surface area contributed by atoms with Crippen molar-refractivity contribution in [1.29, 1.82) is 0 Å². The van der Waals surface area contributed by atoms with Crippen LogP contribution in [0, 0.1) is 10.1 Å². The van der Waals surface area contributed by atoms with Gasteiger partial charge in [0, 0.05) is 24.4 Å². The maximum absolute atomic E-state index is 11.2. The van der Waals surface area contributed by atoms with Crippen molar-refractivity contribution in [3.63, 3.8) is 0 Å². The number of benzene rings is 3. The quantitative estimate of drug-likeness (QED) is 0.376. The predicted molar refractivity (Wildman–Crippen MR) is 106 cm³/mol. The van der Waals surface area contributed by atoms with Crippen LogP contribution in [0.5, 0.6) is 0 Å². The molecule has 0 fully saturated rings. The second-order valence-electron chi connectivity index (χ2n) is 6.08. The summed E-state index contributed by atoms with van der Waals surface area (Å²) in [6.45, 7) is 2.65. The van der Waals surface area contributed by atoms with Crippen molar-refractivity contribution in [3.8, 4) is 22.6 Å². The molecule has 0 aliphatic heterocycles. The van der Waals surface area contributed by atoms with Crippen molar-refractivity contribution in [1.82, 2.24) is 4.98 Å². The maximum atomic E-state index is 11.2. The summed E-state index contributed by atoms with van der Waals surface area (Å²) in [5.41, 5.74) is 4.79. The largest absolute Gasteiger partial charge is 0.436 e. The zero-order chi connectivity index (χ0) is 18.8. The minimum atomic E-state index is -0.421. The van der Waals surface area contributed by atoms with Gasteiger partial charge in [0.05, 0.1) is 10.5 Å². The van der Waals surface area contributed by atoms with Crippen molar-refractivity contribution >= 4 is 22.5 Å². The minimum Gasteiger partial charge on any atom is -0.436 e. The van der Waals surface area contributed by atoms with Crippen molar-refractivity contribution in [2.75, 3.05) is 11.9 Å². The number of nitro groups is 1. The smallest absolute Gasteiger partial charge is 0.270 e. The van der Waals surface area contributed by atoms with Crippen LogP contribution in [0.2, 0.25) is 0 Å². The lowest BCUT2D eigenvalue weighted by Gasteiger charge is -2.07. The fraction of sp³-hybridized carbons (Fsp3) is 0.0952. The Morgan fingerprint density at radius 1 is 1.04 bits per heavy atom. The summed E-state index contributed by atoms with van der Waals surface area (Å²) in [6, 6.07) is 20.5. The lowest BCUT2D eigenvalue weighted by Crippen LogP contribution is -1.99. The normalized spacial score (nSPS) is 10.9. The second kappa shape index (κ2) is 6.92. The highest BCUT2D eigenvalue weighted by atomic mass is 16.6. The molecule has 0 saturated carbocycles. The first kappa shape index (κ1) is 16.8. The number of aromatic nitrogens is 1. The number of nitrogens with zero attached hydrogens (tertiary/aromatic N) is 2. The molecule has 6 nitrogen and oxygen atoms in total. The molecule has 3 aromatic carbocycles. The summed E-state index contributed by atoms with van der Waals surface area (Å²) in [6.07, 6.45) is 0. The summed E-state index contributed by atoms with van der Waals surface area (Å²) >= 11 is 0. The van der Waals surface area contributed by atoms with E-state index in [0.717, 1.165) is 16.8 Å². The molecule has 27 heavy (non-hydrogen) atoms. The van der Waals surface area contributed by atoms with E-state index in [-0.39, 0.29) is 5.69 Å². The van der Waals surface area contributed by atoms with Crippen molar-refractivity contribution in [2.45, 2.75) is 6.92 Å². The van der Waals surface area contributed by atoms with Crippen LogP contribution in [0.1, 0.15) is 6.92 Å². The molecule has 6 heteroatoms. The number of nitro benzene ring substituents is 1. The van der Waals surface area contributed by atoms with Crippen LogP contribution in [0.3, 0.4) is 0 Å². The monoisotopic (exact) mass is 359 g/mol. The molecule has 134 valence electrons. The number of anilines is 1. The van der Waals surface area contributed by atoms with E-state index in [1.165, 1.54) is 12.1 Å². The molecule has 0 bridgehead atoms. The van der Waals surface area contributed by atoms with Crippen molar-refractivity contribution < 1.29 is 9.34 Å². The van der Waals surface area contributed by atoms with E-state index >= 15 is 0 Å². The van der Waals surface area contributed by atoms with Gasteiger partial charge in [0.15, 0.2) is 5.58 Å². The zero-order valence-electron chi connectivity index (χ0n) is 14.7.